The Bertz CT molecular complexity index is 496. The summed E-state index contributed by atoms with van der Waals surface area (Å²) >= 11 is 5.96. The summed E-state index contributed by atoms with van der Waals surface area (Å²) in [4.78, 5) is 14.7. The summed E-state index contributed by atoms with van der Waals surface area (Å²) in [6.45, 7) is 5.37. The molecule has 0 aromatic heterocycles. The molecule has 21 heavy (non-hydrogen) atoms. The summed E-state index contributed by atoms with van der Waals surface area (Å²) < 4.78 is 5.35. The third-order valence-corrected chi connectivity index (χ3v) is 5.04. The van der Waals surface area contributed by atoms with Crippen LogP contribution in [0.2, 0.25) is 5.02 Å². The molecule has 2 fully saturated rings. The second kappa shape index (κ2) is 6.37. The topological polar surface area (TPSA) is 29.5 Å². The van der Waals surface area contributed by atoms with Crippen molar-refractivity contribution in [3.8, 4) is 0 Å². The number of likely N-dealkylation sites (tertiary alicyclic amines) is 1. The van der Waals surface area contributed by atoms with E-state index in [4.69, 9.17) is 16.3 Å². The Hall–Kier alpha value is -1.06. The first-order valence-corrected chi connectivity index (χ1v) is 8.15. The van der Waals surface area contributed by atoms with Crippen molar-refractivity contribution in [3.63, 3.8) is 0 Å². The van der Waals surface area contributed by atoms with E-state index in [1.165, 1.54) is 5.56 Å². The molecule has 3 nitrogen and oxygen atoms in total. The number of benzene rings is 1. The smallest absolute Gasteiger partial charge is 0.225 e. The minimum atomic E-state index is 0.162. The number of hydrogen-bond donors (Lipinski definition) is 0. The van der Waals surface area contributed by atoms with Crippen LogP contribution in [0.4, 0.5) is 0 Å². The second-order valence-electron chi connectivity index (χ2n) is 6.27. The molecule has 1 aromatic rings. The Morgan fingerprint density at radius 3 is 2.52 bits per heavy atom. The fraction of sp³-hybridized carbons (Fsp3) is 0.588. The summed E-state index contributed by atoms with van der Waals surface area (Å²) in [5, 5.41) is 0.763. The number of ether oxygens (including phenoxy) is 1. The zero-order valence-electron chi connectivity index (χ0n) is 12.4. The van der Waals surface area contributed by atoms with Crippen molar-refractivity contribution in [1.29, 1.82) is 0 Å². The van der Waals surface area contributed by atoms with E-state index in [0.717, 1.165) is 44.2 Å². The van der Waals surface area contributed by atoms with Gasteiger partial charge < -0.3 is 9.64 Å². The predicted molar refractivity (Wildman–Crippen MR) is 83.5 cm³/mol. The molecule has 114 valence electrons. The molecule has 0 saturated carbocycles. The molecule has 0 radical (unpaired) electrons. The zero-order valence-corrected chi connectivity index (χ0v) is 13.2. The molecule has 3 rings (SSSR count). The first-order valence-electron chi connectivity index (χ1n) is 7.77. The minimum absolute atomic E-state index is 0.162. The van der Waals surface area contributed by atoms with E-state index in [9.17, 15) is 4.79 Å². The van der Waals surface area contributed by atoms with Gasteiger partial charge in [-0.15, -0.1) is 0 Å². The van der Waals surface area contributed by atoms with Crippen LogP contribution in [-0.4, -0.2) is 37.1 Å². The van der Waals surface area contributed by atoms with Gasteiger partial charge in [0.1, 0.15) is 0 Å². The Balaban J connectivity index is 1.67. The molecule has 0 unspecified atom stereocenters. The molecule has 4 heteroatoms. The van der Waals surface area contributed by atoms with E-state index in [1.807, 2.05) is 12.1 Å². The summed E-state index contributed by atoms with van der Waals surface area (Å²) in [6, 6.07) is 8.05. The second-order valence-corrected chi connectivity index (χ2v) is 6.70. The average Bonchev–Trinajstić information content (AvgIpc) is 2.90. The van der Waals surface area contributed by atoms with Gasteiger partial charge in [0.25, 0.3) is 0 Å². The molecule has 1 aromatic carbocycles. The third-order valence-electron chi connectivity index (χ3n) is 4.79. The number of carbonyl (C=O) groups excluding carboxylic acids is 1. The lowest BCUT2D eigenvalue weighted by Crippen LogP contribution is -2.37. The lowest BCUT2D eigenvalue weighted by atomic mass is 9.90. The fourth-order valence-electron chi connectivity index (χ4n) is 3.49. The van der Waals surface area contributed by atoms with Crippen molar-refractivity contribution < 1.29 is 9.53 Å². The first kappa shape index (κ1) is 14.9. The maximum atomic E-state index is 12.6. The molecular weight excluding hydrogens is 286 g/mol. The monoisotopic (exact) mass is 307 g/mol. The molecule has 2 aliphatic heterocycles. The van der Waals surface area contributed by atoms with Gasteiger partial charge in [-0.2, -0.15) is 0 Å². The highest BCUT2D eigenvalue weighted by molar-refractivity contribution is 6.30. The van der Waals surface area contributed by atoms with Crippen LogP contribution < -0.4 is 0 Å². The van der Waals surface area contributed by atoms with E-state index >= 15 is 0 Å². The summed E-state index contributed by atoms with van der Waals surface area (Å²) in [6.07, 6.45) is 1.74. The summed E-state index contributed by atoms with van der Waals surface area (Å²) in [7, 11) is 0. The van der Waals surface area contributed by atoms with E-state index in [-0.39, 0.29) is 5.92 Å². The van der Waals surface area contributed by atoms with Gasteiger partial charge in [0.2, 0.25) is 5.91 Å². The van der Waals surface area contributed by atoms with Crippen LogP contribution in [0.25, 0.3) is 0 Å². The predicted octanol–water partition coefficient (Wildman–Crippen LogP) is 3.33. The van der Waals surface area contributed by atoms with Gasteiger partial charge in [0.05, 0.1) is 0 Å². The normalized spacial score (nSPS) is 27.0. The maximum Gasteiger partial charge on any atom is 0.225 e. The van der Waals surface area contributed by atoms with Crippen LogP contribution in [0.5, 0.6) is 0 Å². The molecule has 2 heterocycles. The molecule has 2 saturated heterocycles. The Labute approximate surface area is 131 Å². The van der Waals surface area contributed by atoms with Crippen LogP contribution in [0.3, 0.4) is 0 Å². The van der Waals surface area contributed by atoms with Crippen LogP contribution in [0.15, 0.2) is 24.3 Å². The van der Waals surface area contributed by atoms with E-state index < -0.39 is 0 Å². The SMILES string of the molecule is C[C@H]1CN(C(=O)C2CCOCC2)C[C@@H]1c1ccc(Cl)cc1. The van der Waals surface area contributed by atoms with Crippen molar-refractivity contribution in [1.82, 2.24) is 4.90 Å². The molecule has 1 amide bonds. The number of carbonyl (C=O) groups is 1. The Morgan fingerprint density at radius 2 is 1.86 bits per heavy atom. The summed E-state index contributed by atoms with van der Waals surface area (Å²) in [5.41, 5.74) is 1.29. The number of amides is 1. The molecule has 0 spiro atoms. The molecule has 0 aliphatic carbocycles. The number of hydrogen-bond acceptors (Lipinski definition) is 2. The Morgan fingerprint density at radius 1 is 1.19 bits per heavy atom. The maximum absolute atomic E-state index is 12.6. The third kappa shape index (κ3) is 3.24. The Kier molecular flexibility index (Phi) is 4.51. The van der Waals surface area contributed by atoms with Gasteiger partial charge in [-0.1, -0.05) is 30.7 Å². The van der Waals surface area contributed by atoms with E-state index in [0.29, 0.717) is 17.7 Å². The largest absolute Gasteiger partial charge is 0.381 e. The highest BCUT2D eigenvalue weighted by Gasteiger charge is 2.36. The van der Waals surface area contributed by atoms with Gasteiger partial charge >= 0.3 is 0 Å². The highest BCUT2D eigenvalue weighted by Crippen LogP contribution is 2.34. The summed E-state index contributed by atoms with van der Waals surface area (Å²) in [5.74, 6) is 1.40. The quantitative estimate of drug-likeness (QED) is 0.839. The van der Waals surface area contributed by atoms with E-state index in [2.05, 4.69) is 24.0 Å². The molecule has 2 atom stereocenters. The molecule has 0 N–H and O–H groups in total. The van der Waals surface area contributed by atoms with E-state index in [1.54, 1.807) is 0 Å². The lowest BCUT2D eigenvalue weighted by Gasteiger charge is -2.26. The van der Waals surface area contributed by atoms with Crippen molar-refractivity contribution in [2.45, 2.75) is 25.7 Å². The highest BCUT2D eigenvalue weighted by atomic mass is 35.5. The fourth-order valence-corrected chi connectivity index (χ4v) is 3.62. The van der Waals surface area contributed by atoms with Crippen LogP contribution in [0, 0.1) is 11.8 Å². The zero-order chi connectivity index (χ0) is 14.8. The van der Waals surface area contributed by atoms with Gasteiger partial charge in [0.15, 0.2) is 0 Å². The molecule has 2 aliphatic rings. The van der Waals surface area contributed by atoms with Crippen LogP contribution in [-0.2, 0) is 9.53 Å². The van der Waals surface area contributed by atoms with Gasteiger partial charge in [0, 0.05) is 43.2 Å². The minimum Gasteiger partial charge on any atom is -0.381 e. The standard InChI is InChI=1S/C17H22ClNO2/c1-12-10-19(17(20)14-6-8-21-9-7-14)11-16(12)13-2-4-15(18)5-3-13/h2-5,12,14,16H,6-11H2,1H3/t12-,16-/m0/s1. The lowest BCUT2D eigenvalue weighted by molar-refractivity contribution is -0.137. The van der Waals surface area contributed by atoms with Crippen molar-refractivity contribution in [2.75, 3.05) is 26.3 Å². The number of halogens is 1. The van der Waals surface area contributed by atoms with Gasteiger partial charge in [-0.25, -0.2) is 0 Å². The van der Waals surface area contributed by atoms with Crippen molar-refractivity contribution >= 4 is 17.5 Å². The average molecular weight is 308 g/mol. The van der Waals surface area contributed by atoms with Crippen molar-refractivity contribution in [3.05, 3.63) is 34.9 Å². The first-order chi connectivity index (χ1) is 10.1. The van der Waals surface area contributed by atoms with Crippen LogP contribution >= 0.6 is 11.6 Å². The van der Waals surface area contributed by atoms with Gasteiger partial charge in [-0.3, -0.25) is 4.79 Å². The molecule has 0 bridgehead atoms. The number of nitrogens with zero attached hydrogens (tertiary/aromatic N) is 1. The van der Waals surface area contributed by atoms with Gasteiger partial charge in [-0.05, 0) is 36.5 Å². The van der Waals surface area contributed by atoms with Crippen LogP contribution in [0.1, 0.15) is 31.2 Å². The number of rotatable bonds is 2. The molecular formula is C17H22ClNO2. The van der Waals surface area contributed by atoms with Crippen molar-refractivity contribution in [2.24, 2.45) is 11.8 Å².